The Hall–Kier alpha value is -2.54. The van der Waals surface area contributed by atoms with Crippen LogP contribution in [0.25, 0.3) is 0 Å². The summed E-state index contributed by atoms with van der Waals surface area (Å²) in [6.45, 7) is 1.99. The Morgan fingerprint density at radius 3 is 2.24 bits per heavy atom. The minimum Gasteiger partial charge on any atom is -0.496 e. The number of imide groups is 1. The summed E-state index contributed by atoms with van der Waals surface area (Å²) in [4.78, 5) is 30.3. The van der Waals surface area contributed by atoms with E-state index in [1.807, 2.05) is 48.5 Å². The van der Waals surface area contributed by atoms with Gasteiger partial charge in [-0.3, -0.25) is 4.79 Å². The predicted molar refractivity (Wildman–Crippen MR) is 134 cm³/mol. The second-order valence-electron chi connectivity index (χ2n) is 8.03. The van der Waals surface area contributed by atoms with Crippen molar-refractivity contribution in [3.63, 3.8) is 0 Å². The van der Waals surface area contributed by atoms with Crippen molar-refractivity contribution in [3.8, 4) is 5.75 Å². The van der Waals surface area contributed by atoms with Crippen molar-refractivity contribution in [3.05, 3.63) is 92.4 Å². The van der Waals surface area contributed by atoms with Gasteiger partial charge in [-0.1, -0.05) is 69.5 Å². The van der Waals surface area contributed by atoms with Gasteiger partial charge in [0.25, 0.3) is 5.91 Å². The van der Waals surface area contributed by atoms with Crippen LogP contribution in [0, 0.1) is 0 Å². The number of hydrogen-bond acceptors (Lipinski definition) is 3. The summed E-state index contributed by atoms with van der Waals surface area (Å²) < 4.78 is 6.42. The van der Waals surface area contributed by atoms with E-state index in [-0.39, 0.29) is 12.5 Å². The molecule has 8 heteroatoms. The second kappa shape index (κ2) is 9.37. The lowest BCUT2D eigenvalue weighted by molar-refractivity contribution is -0.124. The summed E-state index contributed by atoms with van der Waals surface area (Å²) in [5.74, 6) is 0.302. The zero-order valence-corrected chi connectivity index (χ0v) is 21.1. The highest BCUT2D eigenvalue weighted by Gasteiger charge is 2.54. The third-order valence-corrected chi connectivity index (χ3v) is 6.73. The smallest absolute Gasteiger partial charge is 0.332 e. The molecule has 33 heavy (non-hydrogen) atoms. The van der Waals surface area contributed by atoms with E-state index in [4.69, 9.17) is 27.9 Å². The molecule has 0 saturated carbocycles. The van der Waals surface area contributed by atoms with E-state index in [0.717, 1.165) is 20.5 Å². The molecule has 170 valence electrons. The first-order valence-corrected chi connectivity index (χ1v) is 11.8. The van der Waals surface area contributed by atoms with Gasteiger partial charge in [0, 0.05) is 26.5 Å². The SMILES string of the molecule is COc1ccccc1CN1C(=O)N(c2cc(Cl)cc(Cl)c2)C(=O)[C@@]1(C)Cc1ccc(Br)cc1. The highest BCUT2D eigenvalue weighted by molar-refractivity contribution is 9.10. The fourth-order valence-corrected chi connectivity index (χ4v) is 4.87. The van der Waals surface area contributed by atoms with Crippen LogP contribution in [0.3, 0.4) is 0 Å². The van der Waals surface area contributed by atoms with Crippen LogP contribution in [-0.2, 0) is 17.8 Å². The molecule has 1 atom stereocenters. The molecule has 1 saturated heterocycles. The number of anilines is 1. The van der Waals surface area contributed by atoms with E-state index in [1.165, 1.54) is 0 Å². The van der Waals surface area contributed by atoms with Crippen molar-refractivity contribution >= 4 is 56.8 Å². The molecular formula is C25H21BrCl2N2O3. The summed E-state index contributed by atoms with van der Waals surface area (Å²) in [7, 11) is 1.58. The molecule has 0 spiro atoms. The molecule has 1 heterocycles. The topological polar surface area (TPSA) is 49.9 Å². The quantitative estimate of drug-likeness (QED) is 0.321. The molecule has 0 radical (unpaired) electrons. The van der Waals surface area contributed by atoms with Crippen LogP contribution in [0.5, 0.6) is 5.75 Å². The molecule has 4 rings (SSSR count). The van der Waals surface area contributed by atoms with E-state index in [0.29, 0.717) is 27.9 Å². The van der Waals surface area contributed by atoms with E-state index in [9.17, 15) is 9.59 Å². The summed E-state index contributed by atoms with van der Waals surface area (Å²) in [6, 6.07) is 19.4. The van der Waals surface area contributed by atoms with Gasteiger partial charge in [0.2, 0.25) is 0 Å². The van der Waals surface area contributed by atoms with Crippen molar-refractivity contribution < 1.29 is 14.3 Å². The summed E-state index contributed by atoms with van der Waals surface area (Å²) >= 11 is 15.8. The van der Waals surface area contributed by atoms with Crippen LogP contribution < -0.4 is 9.64 Å². The van der Waals surface area contributed by atoms with Gasteiger partial charge in [-0.05, 0) is 48.9 Å². The number of amides is 3. The minimum absolute atomic E-state index is 0.201. The monoisotopic (exact) mass is 546 g/mol. The van der Waals surface area contributed by atoms with Gasteiger partial charge in [0.1, 0.15) is 11.3 Å². The maximum absolute atomic E-state index is 13.8. The number of para-hydroxylation sites is 1. The van der Waals surface area contributed by atoms with Crippen LogP contribution in [-0.4, -0.2) is 29.5 Å². The zero-order valence-electron chi connectivity index (χ0n) is 18.0. The molecule has 5 nitrogen and oxygen atoms in total. The summed E-state index contributed by atoms with van der Waals surface area (Å²) in [6.07, 6.45) is 0.338. The summed E-state index contributed by atoms with van der Waals surface area (Å²) in [5, 5.41) is 0.687. The van der Waals surface area contributed by atoms with E-state index < -0.39 is 11.6 Å². The molecule has 3 aromatic rings. The largest absolute Gasteiger partial charge is 0.496 e. The second-order valence-corrected chi connectivity index (χ2v) is 9.81. The van der Waals surface area contributed by atoms with Crippen LogP contribution in [0.1, 0.15) is 18.1 Å². The summed E-state index contributed by atoms with van der Waals surface area (Å²) in [5.41, 5.74) is 0.930. The lowest BCUT2D eigenvalue weighted by Gasteiger charge is -2.32. The van der Waals surface area contributed by atoms with E-state index in [2.05, 4.69) is 15.9 Å². The standard InChI is InChI=1S/C25H21BrCl2N2O3/c1-25(14-16-7-9-18(26)10-8-16)23(31)30(21-12-19(27)11-20(28)13-21)24(32)29(25)15-17-5-3-4-6-22(17)33-2/h3-13H,14-15H2,1-2H3/t25-/m1/s1. The minimum atomic E-state index is -1.14. The van der Waals surface area contributed by atoms with Crippen LogP contribution in [0.4, 0.5) is 10.5 Å². The van der Waals surface area contributed by atoms with Crippen LogP contribution >= 0.6 is 39.1 Å². The third-order valence-electron chi connectivity index (χ3n) is 5.77. The van der Waals surface area contributed by atoms with E-state index >= 15 is 0 Å². The average Bonchev–Trinajstić information content (AvgIpc) is 2.95. The number of nitrogens with zero attached hydrogens (tertiary/aromatic N) is 2. The molecule has 0 aliphatic carbocycles. The maximum Gasteiger partial charge on any atom is 0.332 e. The Labute approximate surface area is 211 Å². The number of halogens is 3. The normalized spacial score (nSPS) is 18.2. The van der Waals surface area contributed by atoms with Crippen molar-refractivity contribution in [2.75, 3.05) is 12.0 Å². The number of carbonyl (C=O) groups is 2. The Morgan fingerprint density at radius 1 is 0.970 bits per heavy atom. The molecule has 0 unspecified atom stereocenters. The van der Waals surface area contributed by atoms with Crippen LogP contribution in [0.2, 0.25) is 10.0 Å². The number of urea groups is 1. The number of ether oxygens (including phenoxy) is 1. The van der Waals surface area contributed by atoms with Crippen molar-refractivity contribution in [1.29, 1.82) is 0 Å². The maximum atomic E-state index is 13.8. The van der Waals surface area contributed by atoms with Crippen molar-refractivity contribution in [2.45, 2.75) is 25.4 Å². The number of hydrogen-bond donors (Lipinski definition) is 0. The zero-order chi connectivity index (χ0) is 23.8. The molecule has 0 N–H and O–H groups in total. The first kappa shape index (κ1) is 23.6. The molecule has 0 bridgehead atoms. The lowest BCUT2D eigenvalue weighted by atomic mass is 9.90. The first-order chi connectivity index (χ1) is 15.7. The molecular weight excluding hydrogens is 527 g/mol. The number of rotatable bonds is 6. The fraction of sp³-hybridized carbons (Fsp3) is 0.200. The Bertz CT molecular complexity index is 1200. The van der Waals surface area contributed by atoms with E-state index in [1.54, 1.807) is 37.1 Å². The third kappa shape index (κ3) is 4.60. The molecule has 3 amide bonds. The molecule has 1 aliphatic rings. The Morgan fingerprint density at radius 2 is 1.61 bits per heavy atom. The van der Waals surface area contributed by atoms with Gasteiger partial charge < -0.3 is 9.64 Å². The van der Waals surface area contributed by atoms with Gasteiger partial charge in [-0.25, -0.2) is 9.69 Å². The molecule has 1 fully saturated rings. The first-order valence-electron chi connectivity index (χ1n) is 10.2. The van der Waals surface area contributed by atoms with Crippen molar-refractivity contribution in [2.24, 2.45) is 0 Å². The van der Waals surface area contributed by atoms with Gasteiger partial charge in [-0.15, -0.1) is 0 Å². The molecule has 0 aromatic heterocycles. The van der Waals surface area contributed by atoms with Gasteiger partial charge in [-0.2, -0.15) is 0 Å². The number of methoxy groups -OCH3 is 1. The van der Waals surface area contributed by atoms with Gasteiger partial charge >= 0.3 is 6.03 Å². The predicted octanol–water partition coefficient (Wildman–Crippen LogP) is 6.73. The highest BCUT2D eigenvalue weighted by atomic mass is 79.9. The van der Waals surface area contributed by atoms with Gasteiger partial charge in [0.15, 0.2) is 0 Å². The number of benzene rings is 3. The lowest BCUT2D eigenvalue weighted by Crippen LogP contribution is -2.48. The Balaban J connectivity index is 1.79. The number of carbonyl (C=O) groups excluding carboxylic acids is 2. The van der Waals surface area contributed by atoms with Crippen molar-refractivity contribution in [1.82, 2.24) is 4.90 Å². The fourth-order valence-electron chi connectivity index (χ4n) is 4.09. The molecule has 3 aromatic carbocycles. The highest BCUT2D eigenvalue weighted by Crippen LogP contribution is 2.38. The van der Waals surface area contributed by atoms with Gasteiger partial charge in [0.05, 0.1) is 19.3 Å². The molecule has 1 aliphatic heterocycles. The Kier molecular flexibility index (Phi) is 6.71. The van der Waals surface area contributed by atoms with Crippen LogP contribution in [0.15, 0.2) is 71.2 Å². The average molecular weight is 548 g/mol.